The van der Waals surface area contributed by atoms with Gasteiger partial charge in [-0.3, -0.25) is 4.98 Å². The average molecular weight is 185 g/mol. The summed E-state index contributed by atoms with van der Waals surface area (Å²) in [5, 5.41) is 18.9. The molecule has 0 aliphatic rings. The molecule has 2 atom stereocenters. The molecule has 56 valence electrons. The molecule has 0 saturated carbocycles. The maximum atomic E-state index is 9.16. The van der Waals surface area contributed by atoms with Crippen molar-refractivity contribution in [3.63, 3.8) is 0 Å². The third-order valence-electron chi connectivity index (χ3n) is 1.41. The van der Waals surface area contributed by atoms with Gasteiger partial charge in [0.05, 0.1) is 0 Å². The van der Waals surface area contributed by atoms with Crippen LogP contribution in [0.5, 0.6) is 11.8 Å². The van der Waals surface area contributed by atoms with Crippen LogP contribution in [0.4, 0.5) is 0 Å². The summed E-state index contributed by atoms with van der Waals surface area (Å²) in [7, 11) is 7.83. The Morgan fingerprint density at radius 2 is 2.09 bits per heavy atom. The molecule has 0 aliphatic heterocycles. The van der Waals surface area contributed by atoms with Crippen molar-refractivity contribution in [2.45, 2.75) is 0 Å². The molecule has 0 saturated heterocycles. The molecule has 1 aromatic heterocycles. The molecule has 3 N–H and O–H groups in total. The molecule has 0 bridgehead atoms. The maximum absolute atomic E-state index is 9.16. The van der Waals surface area contributed by atoms with Crippen LogP contribution in [0.15, 0.2) is 0 Å². The van der Waals surface area contributed by atoms with Crippen LogP contribution in [0.1, 0.15) is 0 Å². The molecular formula is C4H7B2NO2P2. The predicted molar refractivity (Wildman–Crippen MR) is 54.3 cm³/mol. The number of nitrogens with one attached hydrogen (secondary N) is 1. The molecule has 0 fully saturated rings. The van der Waals surface area contributed by atoms with Crippen LogP contribution in [-0.2, 0) is 0 Å². The van der Waals surface area contributed by atoms with Crippen molar-refractivity contribution in [2.24, 2.45) is 0 Å². The topological polar surface area (TPSA) is 56.2 Å². The Morgan fingerprint density at radius 1 is 1.45 bits per heavy atom. The second-order valence-corrected chi connectivity index (χ2v) is 3.22. The number of H-pyrrole nitrogens is 1. The average Bonchev–Trinajstić information content (AvgIpc) is 2.24. The van der Waals surface area contributed by atoms with E-state index in [0.29, 0.717) is 17.8 Å². The highest BCUT2D eigenvalue weighted by Crippen LogP contribution is 2.16. The Balaban J connectivity index is 3.17. The molecule has 3 nitrogen and oxygen atoms in total. The van der Waals surface area contributed by atoms with Crippen molar-refractivity contribution in [3.8, 4) is 11.8 Å². The first-order chi connectivity index (χ1) is 5.20. The fraction of sp³-hybridized carbons (Fsp3) is 0. The van der Waals surface area contributed by atoms with E-state index in [1.54, 1.807) is 0 Å². The van der Waals surface area contributed by atoms with Gasteiger partial charge in [0.15, 0.2) is 18.8 Å². The zero-order chi connectivity index (χ0) is 8.43. The van der Waals surface area contributed by atoms with Gasteiger partial charge >= 0.3 is 0 Å². The summed E-state index contributed by atoms with van der Waals surface area (Å²) in [6.45, 7) is 0.586. The van der Waals surface area contributed by atoms with Gasteiger partial charge in [-0.15, -0.1) is 8.46 Å². The summed E-state index contributed by atoms with van der Waals surface area (Å²) in [5.41, 5.74) is 0.674. The van der Waals surface area contributed by atoms with E-state index in [-0.39, 0.29) is 20.2 Å². The number of aromatic amines is 1. The van der Waals surface area contributed by atoms with Crippen molar-refractivity contribution in [1.82, 2.24) is 4.98 Å². The number of aromatic nitrogens is 1. The molecule has 2 unspecified atom stereocenters. The van der Waals surface area contributed by atoms with Gasteiger partial charge in [-0.25, -0.2) is 0 Å². The summed E-state index contributed by atoms with van der Waals surface area (Å²) >= 11 is 0. The van der Waals surface area contributed by atoms with E-state index in [2.05, 4.69) is 14.1 Å². The van der Waals surface area contributed by atoms with E-state index in [1.807, 2.05) is 0 Å². The number of aromatic hydroxyl groups is 2. The van der Waals surface area contributed by atoms with Crippen LogP contribution >= 0.6 is 17.6 Å². The van der Waals surface area contributed by atoms with Crippen molar-refractivity contribution in [1.29, 1.82) is 0 Å². The predicted octanol–water partition coefficient (Wildman–Crippen LogP) is -1.33. The summed E-state index contributed by atoms with van der Waals surface area (Å²) in [6.07, 6.45) is 0. The minimum Gasteiger partial charge on any atom is -0.495 e. The fourth-order valence-corrected chi connectivity index (χ4v) is 2.06. The summed E-state index contributed by atoms with van der Waals surface area (Å²) < 4.78 is 0. The molecule has 1 rings (SSSR count). The van der Waals surface area contributed by atoms with Gasteiger partial charge in [0.1, 0.15) is 7.57 Å². The molecular weight excluding hydrogens is 178 g/mol. The Labute approximate surface area is 70.5 Å². The van der Waals surface area contributed by atoms with Crippen molar-refractivity contribution in [3.05, 3.63) is 0 Å². The van der Waals surface area contributed by atoms with E-state index >= 15 is 0 Å². The Bertz CT molecular complexity index is 240. The van der Waals surface area contributed by atoms with Gasteiger partial charge < -0.3 is 10.2 Å². The highest BCUT2D eigenvalue weighted by molar-refractivity contribution is 7.74. The van der Waals surface area contributed by atoms with Gasteiger partial charge in [-0.05, 0) is 5.46 Å². The van der Waals surface area contributed by atoms with E-state index < -0.39 is 0 Å². The van der Waals surface area contributed by atoms with Crippen LogP contribution in [0, 0.1) is 0 Å². The summed E-state index contributed by atoms with van der Waals surface area (Å²) in [6, 6.07) is 0. The second kappa shape index (κ2) is 3.51. The van der Waals surface area contributed by atoms with Crippen LogP contribution < -0.4 is 10.8 Å². The zero-order valence-corrected chi connectivity index (χ0v) is 7.91. The molecule has 11 heavy (non-hydrogen) atoms. The third-order valence-corrected chi connectivity index (χ3v) is 2.65. The van der Waals surface area contributed by atoms with Crippen LogP contribution in [0.3, 0.4) is 0 Å². The lowest BCUT2D eigenvalue weighted by Gasteiger charge is -1.96. The van der Waals surface area contributed by atoms with Crippen molar-refractivity contribution in [2.75, 3.05) is 0 Å². The fourth-order valence-electron chi connectivity index (χ4n) is 0.866. The Kier molecular flexibility index (Phi) is 2.86. The molecule has 2 radical (unpaired) electrons. The van der Waals surface area contributed by atoms with E-state index in [9.17, 15) is 0 Å². The van der Waals surface area contributed by atoms with E-state index in [0.717, 1.165) is 0 Å². The van der Waals surface area contributed by atoms with Gasteiger partial charge in [0.2, 0.25) is 0 Å². The van der Waals surface area contributed by atoms with E-state index in [1.165, 1.54) is 0 Å². The molecule has 1 aromatic rings. The largest absolute Gasteiger partial charge is 0.495 e. The first-order valence-electron chi connectivity index (χ1n) is 3.00. The smallest absolute Gasteiger partial charge is 0.197 e. The number of rotatable bonds is 2. The summed E-state index contributed by atoms with van der Waals surface area (Å²) in [4.78, 5) is 2.40. The molecule has 0 aromatic carbocycles. The van der Waals surface area contributed by atoms with Crippen LogP contribution in [-0.4, -0.2) is 29.8 Å². The molecule has 7 heteroatoms. The highest BCUT2D eigenvalue weighted by Gasteiger charge is 2.12. The van der Waals surface area contributed by atoms with Gasteiger partial charge in [0, 0.05) is 5.30 Å². The first-order valence-corrected chi connectivity index (χ1v) is 4.89. The van der Waals surface area contributed by atoms with Crippen LogP contribution in [0.25, 0.3) is 0 Å². The lowest BCUT2D eigenvalue weighted by molar-refractivity contribution is 0.428. The lowest BCUT2D eigenvalue weighted by Crippen LogP contribution is -2.20. The second-order valence-electron chi connectivity index (χ2n) is 2.02. The lowest BCUT2D eigenvalue weighted by atomic mass is 9.97. The van der Waals surface area contributed by atoms with Gasteiger partial charge in [0.25, 0.3) is 0 Å². The number of hydrogen-bond acceptors (Lipinski definition) is 2. The van der Waals surface area contributed by atoms with Gasteiger partial charge in [-0.2, -0.15) is 9.12 Å². The Hall–Kier alpha value is -0.130. The van der Waals surface area contributed by atoms with Crippen molar-refractivity contribution >= 4 is 42.9 Å². The Morgan fingerprint density at radius 3 is 2.45 bits per heavy atom. The number of hydrogen-bond donors (Lipinski definition) is 3. The molecule has 0 amide bonds. The first kappa shape index (κ1) is 8.96. The van der Waals surface area contributed by atoms with Crippen LogP contribution in [0.2, 0.25) is 0 Å². The van der Waals surface area contributed by atoms with Gasteiger partial charge in [-0.1, -0.05) is 0 Å². The third kappa shape index (κ3) is 1.55. The summed E-state index contributed by atoms with van der Waals surface area (Å²) in [5.74, 6) is -0.0220. The van der Waals surface area contributed by atoms with Crippen molar-refractivity contribution < 1.29 is 10.2 Å². The highest BCUT2D eigenvalue weighted by atomic mass is 31.1. The quantitative estimate of drug-likeness (QED) is 0.394. The van der Waals surface area contributed by atoms with E-state index in [4.69, 9.17) is 17.8 Å². The molecule has 0 aliphatic carbocycles. The molecule has 1 heterocycles. The minimum atomic E-state index is -0.0271. The SMILES string of the molecule is [B]Pc1c(O)[nH]c(O)c1BP. The maximum Gasteiger partial charge on any atom is 0.197 e. The zero-order valence-electron chi connectivity index (χ0n) is 5.76. The minimum absolute atomic E-state index is 0.000772. The monoisotopic (exact) mass is 185 g/mol. The molecule has 0 spiro atoms. The normalized spacial score (nSPS) is 11.0. The standard InChI is InChI=1S/C4H7B2NO2P2/c5-11-2-1(6-10)3(8)7-4(2)9/h6-9,11H,10H2.